The molecule has 0 radical (unpaired) electrons. The molecule has 0 heterocycles. The molecule has 0 spiro atoms. The van der Waals surface area contributed by atoms with Crippen LogP contribution in [0.1, 0.15) is 11.1 Å². The summed E-state index contributed by atoms with van der Waals surface area (Å²) in [4.78, 5) is 0. The van der Waals surface area contributed by atoms with Gasteiger partial charge in [-0.15, -0.1) is 0 Å². The van der Waals surface area contributed by atoms with E-state index >= 15 is 0 Å². The van der Waals surface area contributed by atoms with Crippen LogP contribution in [0.4, 0.5) is 5.69 Å². The largest absolute Gasteiger partial charge is 0.494 e. The highest BCUT2D eigenvalue weighted by Gasteiger charge is 2.10. The summed E-state index contributed by atoms with van der Waals surface area (Å²) in [5, 5.41) is 0. The van der Waals surface area contributed by atoms with Crippen LogP contribution in [0.25, 0.3) is 0 Å². The molecule has 84 valence electrons. The Morgan fingerprint density at radius 1 is 1.27 bits per heavy atom. The van der Waals surface area contributed by atoms with E-state index in [9.17, 15) is 8.42 Å². The van der Waals surface area contributed by atoms with Crippen LogP contribution < -0.4 is 9.46 Å². The summed E-state index contributed by atoms with van der Waals surface area (Å²) in [6, 6.07) is 3.68. The molecule has 1 aromatic rings. The van der Waals surface area contributed by atoms with Crippen LogP contribution in [0.3, 0.4) is 0 Å². The number of methoxy groups -OCH3 is 1. The van der Waals surface area contributed by atoms with Gasteiger partial charge in [0.2, 0.25) is 10.0 Å². The molecule has 1 aromatic carbocycles. The Hall–Kier alpha value is -1.23. The quantitative estimate of drug-likeness (QED) is 0.858. The van der Waals surface area contributed by atoms with Crippen LogP contribution in [0.2, 0.25) is 0 Å². The maximum Gasteiger partial charge on any atom is 0.229 e. The highest BCUT2D eigenvalue weighted by atomic mass is 32.2. The third-order valence-electron chi connectivity index (χ3n) is 1.92. The summed E-state index contributed by atoms with van der Waals surface area (Å²) < 4.78 is 29.8. The van der Waals surface area contributed by atoms with Crippen LogP contribution in [-0.4, -0.2) is 21.8 Å². The van der Waals surface area contributed by atoms with Gasteiger partial charge in [-0.05, 0) is 31.0 Å². The molecular formula is C10H15NO3S. The summed E-state index contributed by atoms with van der Waals surface area (Å²) in [6.07, 6.45) is 1.12. The molecule has 0 aliphatic heterocycles. The first-order chi connectivity index (χ1) is 6.83. The molecule has 0 fully saturated rings. The Bertz CT molecular complexity index is 466. The summed E-state index contributed by atoms with van der Waals surface area (Å²) >= 11 is 0. The lowest BCUT2D eigenvalue weighted by atomic mass is 10.1. The lowest BCUT2D eigenvalue weighted by Crippen LogP contribution is -2.11. The molecule has 1 rings (SSSR count). The van der Waals surface area contributed by atoms with Crippen LogP contribution in [0.5, 0.6) is 5.75 Å². The maximum absolute atomic E-state index is 11.1. The molecule has 0 aromatic heterocycles. The van der Waals surface area contributed by atoms with Gasteiger partial charge in [-0.3, -0.25) is 4.72 Å². The van der Waals surface area contributed by atoms with E-state index in [0.717, 1.165) is 17.4 Å². The number of hydrogen-bond donors (Lipinski definition) is 1. The molecule has 0 amide bonds. The number of ether oxygens (including phenoxy) is 1. The van der Waals surface area contributed by atoms with Crippen LogP contribution in [-0.2, 0) is 10.0 Å². The van der Waals surface area contributed by atoms with Gasteiger partial charge in [0.05, 0.1) is 19.1 Å². The van der Waals surface area contributed by atoms with Gasteiger partial charge < -0.3 is 4.74 Å². The number of aryl methyl sites for hydroxylation is 2. The fourth-order valence-electron chi connectivity index (χ4n) is 1.50. The number of hydrogen-bond acceptors (Lipinski definition) is 3. The van der Waals surface area contributed by atoms with Gasteiger partial charge >= 0.3 is 0 Å². The third kappa shape index (κ3) is 3.13. The van der Waals surface area contributed by atoms with Gasteiger partial charge in [0, 0.05) is 0 Å². The Kier molecular flexibility index (Phi) is 3.24. The molecule has 0 unspecified atom stereocenters. The third-order valence-corrected chi connectivity index (χ3v) is 2.51. The smallest absolute Gasteiger partial charge is 0.229 e. The first-order valence-electron chi connectivity index (χ1n) is 4.46. The van der Waals surface area contributed by atoms with Gasteiger partial charge in [0.1, 0.15) is 5.75 Å². The van der Waals surface area contributed by atoms with Crippen molar-refractivity contribution < 1.29 is 13.2 Å². The van der Waals surface area contributed by atoms with Gasteiger partial charge in [0.25, 0.3) is 0 Å². The number of anilines is 1. The van der Waals surface area contributed by atoms with Crippen molar-refractivity contribution in [3.05, 3.63) is 23.3 Å². The van der Waals surface area contributed by atoms with Gasteiger partial charge in [0.15, 0.2) is 0 Å². The van der Waals surface area contributed by atoms with Crippen molar-refractivity contribution in [1.29, 1.82) is 0 Å². The van der Waals surface area contributed by atoms with E-state index in [4.69, 9.17) is 4.74 Å². The second kappa shape index (κ2) is 4.10. The van der Waals surface area contributed by atoms with E-state index in [1.165, 1.54) is 7.11 Å². The van der Waals surface area contributed by atoms with Crippen molar-refractivity contribution >= 4 is 15.7 Å². The zero-order valence-corrected chi connectivity index (χ0v) is 10.1. The zero-order valence-electron chi connectivity index (χ0n) is 9.29. The van der Waals surface area contributed by atoms with Crippen molar-refractivity contribution in [1.82, 2.24) is 0 Å². The summed E-state index contributed by atoms with van der Waals surface area (Å²) in [7, 11) is -1.75. The molecule has 0 atom stereocenters. The van der Waals surface area contributed by atoms with Crippen molar-refractivity contribution in [2.75, 3.05) is 18.1 Å². The summed E-state index contributed by atoms with van der Waals surface area (Å²) in [5.41, 5.74) is 2.38. The molecular weight excluding hydrogens is 214 g/mol. The van der Waals surface area contributed by atoms with E-state index < -0.39 is 10.0 Å². The van der Waals surface area contributed by atoms with Crippen molar-refractivity contribution in [2.45, 2.75) is 13.8 Å². The fourth-order valence-corrected chi connectivity index (χ4v) is 2.05. The lowest BCUT2D eigenvalue weighted by Gasteiger charge is -2.13. The maximum atomic E-state index is 11.1. The highest BCUT2D eigenvalue weighted by Crippen LogP contribution is 2.30. The monoisotopic (exact) mass is 229 g/mol. The van der Waals surface area contributed by atoms with Crippen LogP contribution >= 0.6 is 0 Å². The zero-order chi connectivity index (χ0) is 11.6. The number of benzene rings is 1. The fraction of sp³-hybridized carbons (Fsp3) is 0.400. The van der Waals surface area contributed by atoms with E-state index in [-0.39, 0.29) is 0 Å². The second-order valence-corrected chi connectivity index (χ2v) is 5.29. The number of nitrogens with one attached hydrogen (secondary N) is 1. The number of sulfonamides is 1. The molecule has 0 saturated heterocycles. The first kappa shape index (κ1) is 11.8. The van der Waals surface area contributed by atoms with E-state index in [0.29, 0.717) is 11.4 Å². The Morgan fingerprint density at radius 2 is 1.87 bits per heavy atom. The number of rotatable bonds is 3. The molecule has 0 bridgehead atoms. The minimum atomic E-state index is -3.27. The molecule has 0 aliphatic rings. The second-order valence-electron chi connectivity index (χ2n) is 3.54. The van der Waals surface area contributed by atoms with Crippen LogP contribution in [0.15, 0.2) is 12.1 Å². The minimum Gasteiger partial charge on any atom is -0.494 e. The van der Waals surface area contributed by atoms with Gasteiger partial charge in [-0.1, -0.05) is 6.07 Å². The molecule has 4 nitrogen and oxygen atoms in total. The van der Waals surface area contributed by atoms with E-state index in [1.807, 2.05) is 19.9 Å². The van der Waals surface area contributed by atoms with Gasteiger partial charge in [-0.2, -0.15) is 0 Å². The van der Waals surface area contributed by atoms with E-state index in [1.54, 1.807) is 6.07 Å². The first-order valence-corrected chi connectivity index (χ1v) is 6.35. The molecule has 5 heteroatoms. The SMILES string of the molecule is COc1c(C)cc(C)cc1NS(C)(=O)=O. The molecule has 1 N–H and O–H groups in total. The van der Waals surface area contributed by atoms with Crippen molar-refractivity contribution in [2.24, 2.45) is 0 Å². The average Bonchev–Trinajstić information content (AvgIpc) is 1.99. The highest BCUT2D eigenvalue weighted by molar-refractivity contribution is 7.92. The normalized spacial score (nSPS) is 11.2. The lowest BCUT2D eigenvalue weighted by molar-refractivity contribution is 0.413. The predicted octanol–water partition coefficient (Wildman–Crippen LogP) is 1.68. The molecule has 0 saturated carbocycles. The Morgan fingerprint density at radius 3 is 2.33 bits per heavy atom. The standard InChI is InChI=1S/C10H15NO3S/c1-7-5-8(2)10(14-3)9(6-7)11-15(4,12)13/h5-6,11H,1-4H3. The topological polar surface area (TPSA) is 55.4 Å². The minimum absolute atomic E-state index is 0.484. The van der Waals surface area contributed by atoms with Gasteiger partial charge in [-0.25, -0.2) is 8.42 Å². The Balaban J connectivity index is 3.27. The van der Waals surface area contributed by atoms with Crippen molar-refractivity contribution in [3.63, 3.8) is 0 Å². The Labute approximate surface area is 90.3 Å². The van der Waals surface area contributed by atoms with Crippen LogP contribution in [0, 0.1) is 13.8 Å². The average molecular weight is 229 g/mol. The molecule has 15 heavy (non-hydrogen) atoms. The van der Waals surface area contributed by atoms with E-state index in [2.05, 4.69) is 4.72 Å². The van der Waals surface area contributed by atoms with Crippen molar-refractivity contribution in [3.8, 4) is 5.75 Å². The summed E-state index contributed by atoms with van der Waals surface area (Å²) in [6.45, 7) is 3.78. The predicted molar refractivity (Wildman–Crippen MR) is 60.9 cm³/mol. The summed E-state index contributed by atoms with van der Waals surface area (Å²) in [5.74, 6) is 0.561. The molecule has 0 aliphatic carbocycles.